The summed E-state index contributed by atoms with van der Waals surface area (Å²) in [6.45, 7) is 2.92. The second-order valence-corrected chi connectivity index (χ2v) is 4.06. The van der Waals surface area contributed by atoms with Gasteiger partial charge in [0.15, 0.2) is 11.4 Å². The third-order valence-electron chi connectivity index (χ3n) is 2.17. The summed E-state index contributed by atoms with van der Waals surface area (Å²) in [5, 5.41) is 4.16. The molecule has 0 bridgehead atoms. The summed E-state index contributed by atoms with van der Waals surface area (Å²) < 4.78 is 7.37. The van der Waals surface area contributed by atoms with Gasteiger partial charge in [-0.05, 0) is 6.42 Å². The average Bonchev–Trinajstić information content (AvgIpc) is 2.77. The fourth-order valence-electron chi connectivity index (χ4n) is 1.43. The van der Waals surface area contributed by atoms with Gasteiger partial charge in [0.1, 0.15) is 4.99 Å². The minimum absolute atomic E-state index is 0.152. The number of thiocarbonyl (C=S) groups is 1. The zero-order valence-corrected chi connectivity index (χ0v) is 10.7. The van der Waals surface area contributed by atoms with Crippen molar-refractivity contribution in [2.75, 3.05) is 0 Å². The highest BCUT2D eigenvalue weighted by atomic mass is 32.1. The van der Waals surface area contributed by atoms with Crippen LogP contribution < -0.4 is 10.5 Å². The van der Waals surface area contributed by atoms with E-state index < -0.39 is 0 Å². The lowest BCUT2D eigenvalue weighted by molar-refractivity contribution is 0.457. The Bertz CT molecular complexity index is 554. The standard InChI is InChI=1S/C11H13N5OS/c1-2-5-16-7-8(6-15-16)17-11-9(10(12)18)13-3-4-14-11/h3-4,6-7H,2,5H2,1H3,(H2,12,18). The van der Waals surface area contributed by atoms with Crippen molar-refractivity contribution in [1.29, 1.82) is 0 Å². The highest BCUT2D eigenvalue weighted by Crippen LogP contribution is 2.20. The highest BCUT2D eigenvalue weighted by molar-refractivity contribution is 7.80. The molecule has 0 unspecified atom stereocenters. The topological polar surface area (TPSA) is 78.8 Å². The minimum atomic E-state index is 0.152. The molecule has 0 aliphatic heterocycles. The largest absolute Gasteiger partial charge is 0.434 e. The molecule has 2 heterocycles. The second-order valence-electron chi connectivity index (χ2n) is 3.62. The van der Waals surface area contributed by atoms with E-state index in [0.717, 1.165) is 13.0 Å². The van der Waals surface area contributed by atoms with Crippen LogP contribution in [0.5, 0.6) is 11.6 Å². The Morgan fingerprint density at radius 1 is 1.44 bits per heavy atom. The molecule has 2 N–H and O–H groups in total. The van der Waals surface area contributed by atoms with E-state index in [1.165, 1.54) is 12.4 Å². The SMILES string of the molecule is CCCn1cc(Oc2nccnc2C(N)=S)cn1. The summed E-state index contributed by atoms with van der Waals surface area (Å²) in [5.41, 5.74) is 5.92. The molecule has 0 fully saturated rings. The number of rotatable bonds is 5. The zero-order chi connectivity index (χ0) is 13.0. The van der Waals surface area contributed by atoms with E-state index in [1.807, 2.05) is 0 Å². The molecule has 6 nitrogen and oxygen atoms in total. The van der Waals surface area contributed by atoms with Gasteiger partial charge in [-0.3, -0.25) is 4.68 Å². The third kappa shape index (κ3) is 2.80. The Hall–Kier alpha value is -2.02. The van der Waals surface area contributed by atoms with Gasteiger partial charge in [0.05, 0.1) is 12.4 Å². The van der Waals surface area contributed by atoms with Crippen LogP contribution in [0.4, 0.5) is 0 Å². The number of aryl methyl sites for hydroxylation is 1. The lowest BCUT2D eigenvalue weighted by atomic mass is 10.4. The monoisotopic (exact) mass is 263 g/mol. The van der Waals surface area contributed by atoms with Crippen LogP contribution >= 0.6 is 12.2 Å². The number of hydrogen-bond acceptors (Lipinski definition) is 5. The molecule has 2 aromatic rings. The third-order valence-corrected chi connectivity index (χ3v) is 2.37. The predicted octanol–water partition coefficient (Wildman–Crippen LogP) is 1.51. The Labute approximate surface area is 110 Å². The number of ether oxygens (including phenoxy) is 1. The Morgan fingerprint density at radius 2 is 2.22 bits per heavy atom. The molecule has 7 heteroatoms. The molecule has 0 aromatic carbocycles. The molecule has 2 rings (SSSR count). The smallest absolute Gasteiger partial charge is 0.248 e. The van der Waals surface area contributed by atoms with E-state index in [1.54, 1.807) is 17.1 Å². The van der Waals surface area contributed by atoms with E-state index >= 15 is 0 Å². The van der Waals surface area contributed by atoms with E-state index in [0.29, 0.717) is 17.3 Å². The quantitative estimate of drug-likeness (QED) is 0.824. The number of aromatic nitrogens is 4. The summed E-state index contributed by atoms with van der Waals surface area (Å²) in [4.78, 5) is 8.25. The molecular weight excluding hydrogens is 250 g/mol. The van der Waals surface area contributed by atoms with Crippen molar-refractivity contribution >= 4 is 17.2 Å². The van der Waals surface area contributed by atoms with Crippen LogP contribution in [-0.4, -0.2) is 24.7 Å². The van der Waals surface area contributed by atoms with Crippen LogP contribution in [0.2, 0.25) is 0 Å². The van der Waals surface area contributed by atoms with Gasteiger partial charge in [-0.25, -0.2) is 9.97 Å². The van der Waals surface area contributed by atoms with Gasteiger partial charge in [-0.15, -0.1) is 0 Å². The van der Waals surface area contributed by atoms with Crippen molar-refractivity contribution in [3.8, 4) is 11.6 Å². The van der Waals surface area contributed by atoms with E-state index in [9.17, 15) is 0 Å². The first-order valence-electron chi connectivity index (χ1n) is 5.52. The Balaban J connectivity index is 2.20. The molecule has 0 atom stereocenters. The van der Waals surface area contributed by atoms with Crippen molar-refractivity contribution in [1.82, 2.24) is 19.7 Å². The van der Waals surface area contributed by atoms with Crippen LogP contribution in [0.3, 0.4) is 0 Å². The van der Waals surface area contributed by atoms with Crippen molar-refractivity contribution in [3.05, 3.63) is 30.5 Å². The van der Waals surface area contributed by atoms with Gasteiger partial charge in [0.2, 0.25) is 5.88 Å². The van der Waals surface area contributed by atoms with Crippen molar-refractivity contribution in [2.24, 2.45) is 5.73 Å². The maximum atomic E-state index is 5.57. The van der Waals surface area contributed by atoms with Crippen LogP contribution in [0.1, 0.15) is 19.0 Å². The van der Waals surface area contributed by atoms with E-state index in [4.69, 9.17) is 22.7 Å². The minimum Gasteiger partial charge on any atom is -0.434 e. The lowest BCUT2D eigenvalue weighted by Crippen LogP contribution is -2.13. The van der Waals surface area contributed by atoms with E-state index in [-0.39, 0.29) is 4.99 Å². The lowest BCUT2D eigenvalue weighted by Gasteiger charge is -2.05. The first-order valence-corrected chi connectivity index (χ1v) is 5.92. The Morgan fingerprint density at radius 3 is 2.94 bits per heavy atom. The average molecular weight is 263 g/mol. The van der Waals surface area contributed by atoms with Crippen LogP contribution in [0.25, 0.3) is 0 Å². The van der Waals surface area contributed by atoms with Crippen molar-refractivity contribution < 1.29 is 4.74 Å². The molecule has 0 aliphatic carbocycles. The molecule has 2 aromatic heterocycles. The number of nitrogens with two attached hydrogens (primary N) is 1. The van der Waals surface area contributed by atoms with Gasteiger partial charge in [0.25, 0.3) is 0 Å². The summed E-state index contributed by atoms with van der Waals surface area (Å²) in [7, 11) is 0. The fraction of sp³-hybridized carbons (Fsp3) is 0.273. The second kappa shape index (κ2) is 5.54. The predicted molar refractivity (Wildman–Crippen MR) is 70.5 cm³/mol. The first-order chi connectivity index (χ1) is 8.70. The van der Waals surface area contributed by atoms with Crippen molar-refractivity contribution in [2.45, 2.75) is 19.9 Å². The van der Waals surface area contributed by atoms with Crippen LogP contribution in [0.15, 0.2) is 24.8 Å². The molecule has 0 saturated carbocycles. The number of nitrogens with zero attached hydrogens (tertiary/aromatic N) is 4. The normalized spacial score (nSPS) is 10.3. The summed E-state index contributed by atoms with van der Waals surface area (Å²) in [5.74, 6) is 0.877. The van der Waals surface area contributed by atoms with Gasteiger partial charge in [0, 0.05) is 18.9 Å². The maximum Gasteiger partial charge on any atom is 0.248 e. The van der Waals surface area contributed by atoms with Gasteiger partial charge >= 0.3 is 0 Å². The molecule has 0 aliphatic rings. The molecule has 0 spiro atoms. The molecular formula is C11H13N5OS. The zero-order valence-electron chi connectivity index (χ0n) is 9.91. The molecule has 0 saturated heterocycles. The Kier molecular flexibility index (Phi) is 3.83. The summed E-state index contributed by atoms with van der Waals surface area (Å²) >= 11 is 4.89. The summed E-state index contributed by atoms with van der Waals surface area (Å²) in [6, 6.07) is 0. The summed E-state index contributed by atoms with van der Waals surface area (Å²) in [6.07, 6.45) is 7.45. The molecule has 0 amide bonds. The van der Waals surface area contributed by atoms with Gasteiger partial charge < -0.3 is 10.5 Å². The van der Waals surface area contributed by atoms with Crippen LogP contribution in [-0.2, 0) is 6.54 Å². The highest BCUT2D eigenvalue weighted by Gasteiger charge is 2.11. The first kappa shape index (κ1) is 12.4. The molecule has 18 heavy (non-hydrogen) atoms. The van der Waals surface area contributed by atoms with Crippen molar-refractivity contribution in [3.63, 3.8) is 0 Å². The van der Waals surface area contributed by atoms with Crippen LogP contribution in [0, 0.1) is 0 Å². The molecule has 0 radical (unpaired) electrons. The maximum absolute atomic E-state index is 5.57. The van der Waals surface area contributed by atoms with Gasteiger partial charge in [-0.1, -0.05) is 19.1 Å². The van der Waals surface area contributed by atoms with Gasteiger partial charge in [-0.2, -0.15) is 5.10 Å². The van der Waals surface area contributed by atoms with E-state index in [2.05, 4.69) is 22.0 Å². The number of hydrogen-bond donors (Lipinski definition) is 1. The molecule has 94 valence electrons. The fourth-order valence-corrected chi connectivity index (χ4v) is 1.57.